The van der Waals surface area contributed by atoms with Gasteiger partial charge in [-0.2, -0.15) is 0 Å². The van der Waals surface area contributed by atoms with Crippen molar-refractivity contribution in [1.82, 2.24) is 4.90 Å². The Morgan fingerprint density at radius 2 is 1.76 bits per heavy atom. The number of hydrogen-bond donors (Lipinski definition) is 0. The zero-order chi connectivity index (χ0) is 14.7. The Morgan fingerprint density at radius 3 is 2.43 bits per heavy atom. The summed E-state index contributed by atoms with van der Waals surface area (Å²) in [5.41, 5.74) is 2.02. The van der Waals surface area contributed by atoms with Crippen molar-refractivity contribution in [3.05, 3.63) is 47.8 Å². The molecule has 0 bridgehead atoms. The molecule has 0 atom stereocenters. The third kappa shape index (κ3) is 2.91. The first-order valence-corrected chi connectivity index (χ1v) is 8.38. The van der Waals surface area contributed by atoms with Crippen molar-refractivity contribution in [2.45, 2.75) is 50.4 Å². The molecule has 21 heavy (non-hydrogen) atoms. The highest BCUT2D eigenvalue weighted by molar-refractivity contribution is 5.37. The lowest BCUT2D eigenvalue weighted by atomic mass is 9.72. The highest BCUT2D eigenvalue weighted by atomic mass is 19.1. The highest BCUT2D eigenvalue weighted by Gasteiger charge is 2.39. The third-order valence-electron chi connectivity index (χ3n) is 5.45. The summed E-state index contributed by atoms with van der Waals surface area (Å²) in [7, 11) is 0. The van der Waals surface area contributed by atoms with Crippen LogP contribution in [-0.4, -0.2) is 24.5 Å². The summed E-state index contributed by atoms with van der Waals surface area (Å²) in [5, 5.41) is 0. The molecule has 2 aliphatic rings. The second-order valence-electron chi connectivity index (χ2n) is 6.67. The van der Waals surface area contributed by atoms with Gasteiger partial charge in [0.05, 0.1) is 0 Å². The van der Waals surface area contributed by atoms with Crippen molar-refractivity contribution >= 4 is 0 Å². The van der Waals surface area contributed by atoms with Crippen LogP contribution in [0.25, 0.3) is 0 Å². The first-order chi connectivity index (χ1) is 10.2. The number of halogens is 1. The second kappa shape index (κ2) is 6.31. The number of likely N-dealkylation sites (tertiary alicyclic amines) is 1. The van der Waals surface area contributed by atoms with E-state index in [4.69, 9.17) is 0 Å². The van der Waals surface area contributed by atoms with E-state index in [9.17, 15) is 4.39 Å². The molecule has 0 amide bonds. The lowest BCUT2D eigenvalue weighted by Crippen LogP contribution is -2.29. The lowest BCUT2D eigenvalue weighted by molar-refractivity contribution is 0.332. The molecular weight excluding hydrogens is 261 g/mol. The van der Waals surface area contributed by atoms with Gasteiger partial charge in [-0.05, 0) is 56.8 Å². The predicted octanol–water partition coefficient (Wildman–Crippen LogP) is 4.68. The maximum atomic E-state index is 14.3. The van der Waals surface area contributed by atoms with Gasteiger partial charge in [0, 0.05) is 12.0 Å². The van der Waals surface area contributed by atoms with Crippen molar-refractivity contribution in [3.63, 3.8) is 0 Å². The zero-order valence-electron chi connectivity index (χ0n) is 12.9. The number of rotatable bonds is 5. The molecule has 0 unspecified atom stereocenters. The van der Waals surface area contributed by atoms with Crippen molar-refractivity contribution in [3.8, 4) is 0 Å². The molecule has 3 rings (SSSR count). The van der Waals surface area contributed by atoms with Crippen LogP contribution in [0.15, 0.2) is 36.4 Å². The number of benzene rings is 1. The van der Waals surface area contributed by atoms with Crippen LogP contribution in [-0.2, 0) is 5.41 Å². The van der Waals surface area contributed by atoms with Gasteiger partial charge in [-0.25, -0.2) is 4.39 Å². The fourth-order valence-electron chi connectivity index (χ4n) is 4.18. The fraction of sp³-hybridized carbons (Fsp3) is 0.579. The van der Waals surface area contributed by atoms with Crippen LogP contribution in [0.3, 0.4) is 0 Å². The number of hydrogen-bond acceptors (Lipinski definition) is 1. The van der Waals surface area contributed by atoms with Crippen LogP contribution in [0.1, 0.15) is 50.5 Å². The molecule has 0 spiro atoms. The van der Waals surface area contributed by atoms with Crippen molar-refractivity contribution in [2.24, 2.45) is 0 Å². The number of nitrogens with zero attached hydrogens (tertiary/aromatic N) is 1. The van der Waals surface area contributed by atoms with E-state index in [0.29, 0.717) is 0 Å². The minimum Gasteiger partial charge on any atom is -0.303 e. The minimum atomic E-state index is -0.106. The Balaban J connectivity index is 1.77. The van der Waals surface area contributed by atoms with Gasteiger partial charge in [0.25, 0.3) is 0 Å². The molecular formula is C19H26FN. The van der Waals surface area contributed by atoms with Gasteiger partial charge in [-0.3, -0.25) is 0 Å². The van der Waals surface area contributed by atoms with Crippen LogP contribution in [0.4, 0.5) is 4.39 Å². The van der Waals surface area contributed by atoms with E-state index in [2.05, 4.69) is 11.5 Å². The summed E-state index contributed by atoms with van der Waals surface area (Å²) >= 11 is 0. The molecule has 0 N–H and O–H groups in total. The summed E-state index contributed by atoms with van der Waals surface area (Å²) < 4.78 is 14.3. The van der Waals surface area contributed by atoms with Gasteiger partial charge >= 0.3 is 0 Å². The smallest absolute Gasteiger partial charge is 0.127 e. The molecule has 1 heterocycles. The predicted molar refractivity (Wildman–Crippen MR) is 86.0 cm³/mol. The van der Waals surface area contributed by atoms with Gasteiger partial charge in [-0.15, -0.1) is 0 Å². The van der Waals surface area contributed by atoms with Crippen molar-refractivity contribution in [2.75, 3.05) is 19.6 Å². The Kier molecular flexibility index (Phi) is 4.44. The van der Waals surface area contributed by atoms with E-state index >= 15 is 0 Å². The van der Waals surface area contributed by atoms with E-state index in [1.807, 2.05) is 12.1 Å². The molecule has 1 saturated carbocycles. The van der Waals surface area contributed by atoms with Crippen LogP contribution in [0, 0.1) is 5.82 Å². The summed E-state index contributed by atoms with van der Waals surface area (Å²) in [6.07, 6.45) is 8.16. The summed E-state index contributed by atoms with van der Waals surface area (Å²) in [4.78, 5) is 2.52. The highest BCUT2D eigenvalue weighted by Crippen LogP contribution is 2.47. The summed E-state index contributed by atoms with van der Waals surface area (Å²) in [5.74, 6) is -0.0540. The lowest BCUT2D eigenvalue weighted by Gasteiger charge is -2.33. The molecule has 0 radical (unpaired) electrons. The molecule has 1 nitrogen and oxygen atoms in total. The summed E-state index contributed by atoms with van der Waals surface area (Å²) in [6.45, 7) is 7.93. The van der Waals surface area contributed by atoms with Crippen LogP contribution < -0.4 is 0 Å². The monoisotopic (exact) mass is 287 g/mol. The molecule has 0 aromatic heterocycles. The van der Waals surface area contributed by atoms with Crippen molar-refractivity contribution in [1.29, 1.82) is 0 Å². The molecule has 2 heteroatoms. The standard InChI is InChI=1S/C19H26FN/c1-16(10-15-21-13-6-7-14-21)19(11-4-5-12-19)17-8-2-3-9-18(17)20/h2-3,8-9H,1,4-7,10-15H2. The maximum Gasteiger partial charge on any atom is 0.127 e. The topological polar surface area (TPSA) is 3.24 Å². The molecule has 1 aliphatic heterocycles. The normalized spacial score (nSPS) is 21.8. The Hall–Kier alpha value is -1.15. The first-order valence-electron chi connectivity index (χ1n) is 8.38. The van der Waals surface area contributed by atoms with Crippen LogP contribution >= 0.6 is 0 Å². The Labute approximate surface area is 127 Å². The van der Waals surface area contributed by atoms with Crippen LogP contribution in [0.2, 0.25) is 0 Å². The minimum absolute atomic E-state index is 0.0540. The second-order valence-corrected chi connectivity index (χ2v) is 6.67. The summed E-state index contributed by atoms with van der Waals surface area (Å²) in [6, 6.07) is 7.32. The average Bonchev–Trinajstić information content (AvgIpc) is 3.17. The zero-order valence-corrected chi connectivity index (χ0v) is 12.9. The van der Waals surface area contributed by atoms with Gasteiger partial charge in [0.15, 0.2) is 0 Å². The van der Waals surface area contributed by atoms with Gasteiger partial charge < -0.3 is 4.90 Å². The average molecular weight is 287 g/mol. The largest absolute Gasteiger partial charge is 0.303 e. The Bertz CT molecular complexity index is 496. The van der Waals surface area contributed by atoms with Gasteiger partial charge in [0.2, 0.25) is 0 Å². The van der Waals surface area contributed by atoms with E-state index in [1.54, 1.807) is 12.1 Å². The molecule has 1 aromatic carbocycles. The van der Waals surface area contributed by atoms with Gasteiger partial charge in [0.1, 0.15) is 5.82 Å². The molecule has 1 saturated heterocycles. The van der Waals surface area contributed by atoms with E-state index in [-0.39, 0.29) is 11.2 Å². The molecule has 1 aliphatic carbocycles. The fourth-order valence-corrected chi connectivity index (χ4v) is 4.18. The van der Waals surface area contributed by atoms with Gasteiger partial charge in [-0.1, -0.05) is 43.2 Å². The first kappa shape index (κ1) is 14.8. The maximum absolute atomic E-state index is 14.3. The van der Waals surface area contributed by atoms with Crippen molar-refractivity contribution < 1.29 is 4.39 Å². The molecule has 2 fully saturated rings. The van der Waals surface area contributed by atoms with Crippen LogP contribution in [0.5, 0.6) is 0 Å². The molecule has 114 valence electrons. The van der Waals surface area contributed by atoms with E-state index in [0.717, 1.165) is 31.4 Å². The SMILES string of the molecule is C=C(CCN1CCCC1)C1(c2ccccc2F)CCCC1. The van der Waals surface area contributed by atoms with E-state index in [1.165, 1.54) is 44.3 Å². The molecule has 1 aromatic rings. The quantitative estimate of drug-likeness (QED) is 0.711. The van der Waals surface area contributed by atoms with E-state index < -0.39 is 0 Å². The Morgan fingerprint density at radius 1 is 1.10 bits per heavy atom. The third-order valence-corrected chi connectivity index (χ3v) is 5.45.